The van der Waals surface area contributed by atoms with Crippen LogP contribution >= 0.6 is 11.9 Å². The van der Waals surface area contributed by atoms with E-state index in [0.717, 1.165) is 67.5 Å². The van der Waals surface area contributed by atoms with Gasteiger partial charge in [-0.1, -0.05) is 11.2 Å². The van der Waals surface area contributed by atoms with Crippen LogP contribution in [0.5, 0.6) is 11.5 Å². The van der Waals surface area contributed by atoms with Crippen molar-refractivity contribution < 1.29 is 18.8 Å². The fourth-order valence-corrected chi connectivity index (χ4v) is 7.66. The Bertz CT molecular complexity index is 1510. The number of methoxy groups -OCH3 is 2. The minimum Gasteiger partial charge on any atom is -0.495 e. The summed E-state index contributed by atoms with van der Waals surface area (Å²) in [5, 5.41) is 8.00. The fourth-order valence-electron chi connectivity index (χ4n) is 6.82. The van der Waals surface area contributed by atoms with Crippen molar-refractivity contribution >= 4 is 29.4 Å². The summed E-state index contributed by atoms with van der Waals surface area (Å²) in [6, 6.07) is 11.2. The largest absolute Gasteiger partial charge is 0.495 e. The number of fused-ring (bicyclic) bond motifs is 5. The number of carbonyl (C=O) groups is 1. The van der Waals surface area contributed by atoms with Gasteiger partial charge in [-0.15, -0.1) is 0 Å². The van der Waals surface area contributed by atoms with Crippen LogP contribution in [0, 0.1) is 0 Å². The number of nitrogens with one attached hydrogen (secondary N) is 2. The summed E-state index contributed by atoms with van der Waals surface area (Å²) >= 11 is 1.38. The monoisotopic (exact) mass is 573 g/mol. The normalized spacial score (nSPS) is 23.1. The van der Waals surface area contributed by atoms with Crippen molar-refractivity contribution in [3.63, 3.8) is 0 Å². The van der Waals surface area contributed by atoms with Crippen LogP contribution in [-0.2, 0) is 11.8 Å². The van der Waals surface area contributed by atoms with E-state index in [1.54, 1.807) is 14.2 Å². The summed E-state index contributed by atoms with van der Waals surface area (Å²) in [6.07, 6.45) is 6.51. The molecule has 2 saturated heterocycles. The Morgan fingerprint density at radius 3 is 2.63 bits per heavy atom. The molecule has 3 aromatic rings. The maximum Gasteiger partial charge on any atom is 0.254 e. The predicted molar refractivity (Wildman–Crippen MR) is 158 cm³/mol. The van der Waals surface area contributed by atoms with Crippen molar-refractivity contribution in [3.05, 3.63) is 47.0 Å². The number of rotatable bonds is 7. The Kier molecular flexibility index (Phi) is 5.93. The quantitative estimate of drug-likeness (QED) is 0.385. The lowest BCUT2D eigenvalue weighted by Gasteiger charge is -2.34. The van der Waals surface area contributed by atoms with E-state index in [-0.39, 0.29) is 17.4 Å². The van der Waals surface area contributed by atoms with E-state index >= 15 is 0 Å². The molecule has 1 aromatic heterocycles. The van der Waals surface area contributed by atoms with Gasteiger partial charge in [-0.3, -0.25) is 4.79 Å². The van der Waals surface area contributed by atoms with Crippen molar-refractivity contribution in [2.45, 2.75) is 60.9 Å². The van der Waals surface area contributed by atoms with Crippen LogP contribution < -0.4 is 24.4 Å². The second-order valence-electron chi connectivity index (χ2n) is 12.0. The van der Waals surface area contributed by atoms with Crippen LogP contribution in [0.15, 0.2) is 39.8 Å². The van der Waals surface area contributed by atoms with Crippen LogP contribution in [0.4, 0.5) is 11.5 Å². The second kappa shape index (κ2) is 9.59. The Labute approximate surface area is 244 Å². The molecule has 1 spiro atoms. The molecule has 2 saturated carbocycles. The third-order valence-electron chi connectivity index (χ3n) is 9.55. The number of benzene rings is 2. The number of nitrogens with zero attached hydrogens (tertiary/aromatic N) is 3. The number of ether oxygens (including phenoxy) is 2. The molecule has 5 aliphatic rings. The van der Waals surface area contributed by atoms with E-state index in [1.165, 1.54) is 48.0 Å². The fraction of sp³-hybridized carbons (Fsp3) is 0.484. The highest BCUT2D eigenvalue weighted by Gasteiger charge is 2.50. The minimum absolute atomic E-state index is 0.0267. The zero-order chi connectivity index (χ0) is 27.7. The molecule has 10 heteroatoms. The molecule has 4 fully saturated rings. The molecule has 2 N–H and O–H groups in total. The van der Waals surface area contributed by atoms with Gasteiger partial charge >= 0.3 is 0 Å². The predicted octanol–water partition coefficient (Wildman–Crippen LogP) is 4.85. The first-order chi connectivity index (χ1) is 20.1. The van der Waals surface area contributed by atoms with Crippen molar-refractivity contribution in [2.24, 2.45) is 0 Å². The zero-order valence-electron chi connectivity index (χ0n) is 23.5. The molecule has 2 aromatic carbocycles. The molecule has 1 amide bonds. The lowest BCUT2D eigenvalue weighted by Crippen LogP contribution is -2.37. The van der Waals surface area contributed by atoms with Crippen molar-refractivity contribution in [3.8, 4) is 22.8 Å². The number of anilines is 2. The highest BCUT2D eigenvalue weighted by molar-refractivity contribution is 8.00. The van der Waals surface area contributed by atoms with Gasteiger partial charge < -0.3 is 33.8 Å². The molecular formula is C31H35N5O4S. The van der Waals surface area contributed by atoms with Gasteiger partial charge in [-0.25, -0.2) is 0 Å². The Balaban J connectivity index is 1.07. The van der Waals surface area contributed by atoms with E-state index in [9.17, 15) is 4.79 Å². The summed E-state index contributed by atoms with van der Waals surface area (Å²) in [7, 11) is 3.25. The molecule has 9 nitrogen and oxygen atoms in total. The van der Waals surface area contributed by atoms with Gasteiger partial charge in [0.15, 0.2) is 11.6 Å². The first-order valence-electron chi connectivity index (χ1n) is 14.7. The molecule has 3 heterocycles. The molecule has 41 heavy (non-hydrogen) atoms. The topological polar surface area (TPSA) is 92.1 Å². The highest BCUT2D eigenvalue weighted by atomic mass is 32.2. The van der Waals surface area contributed by atoms with Crippen LogP contribution in [0.2, 0.25) is 0 Å². The number of hydrogen-bond acceptors (Lipinski definition) is 9. The lowest BCUT2D eigenvalue weighted by atomic mass is 9.79. The van der Waals surface area contributed by atoms with Crippen molar-refractivity contribution in [1.82, 2.24) is 15.4 Å². The number of hydrogen-bond donors (Lipinski definition) is 2. The Hall–Kier alpha value is -3.37. The van der Waals surface area contributed by atoms with E-state index in [0.29, 0.717) is 23.1 Å². The second-order valence-corrected chi connectivity index (χ2v) is 12.8. The van der Waals surface area contributed by atoms with Gasteiger partial charge in [0.05, 0.1) is 14.2 Å². The third kappa shape index (κ3) is 4.17. The first kappa shape index (κ1) is 25.3. The van der Waals surface area contributed by atoms with Crippen LogP contribution in [0.1, 0.15) is 53.6 Å². The van der Waals surface area contributed by atoms with Gasteiger partial charge in [-0.05, 0) is 86.8 Å². The van der Waals surface area contributed by atoms with Gasteiger partial charge in [0.1, 0.15) is 16.4 Å². The number of amides is 1. The molecule has 2 aliphatic heterocycles. The average molecular weight is 574 g/mol. The van der Waals surface area contributed by atoms with Crippen molar-refractivity contribution in [1.29, 1.82) is 0 Å². The molecule has 0 radical (unpaired) electrons. The molecule has 2 unspecified atom stereocenters. The van der Waals surface area contributed by atoms with Gasteiger partial charge in [0.2, 0.25) is 0 Å². The van der Waals surface area contributed by atoms with E-state index < -0.39 is 0 Å². The summed E-state index contributed by atoms with van der Waals surface area (Å²) in [5.74, 6) is 2.81. The van der Waals surface area contributed by atoms with E-state index in [2.05, 4.69) is 38.3 Å². The molecule has 3 aliphatic carbocycles. The highest BCUT2D eigenvalue weighted by Crippen LogP contribution is 2.59. The number of aromatic nitrogens is 1. The van der Waals surface area contributed by atoms with E-state index in [4.69, 9.17) is 14.0 Å². The van der Waals surface area contributed by atoms with Gasteiger partial charge in [0.25, 0.3) is 5.91 Å². The van der Waals surface area contributed by atoms with Crippen LogP contribution in [0.3, 0.4) is 0 Å². The zero-order valence-corrected chi connectivity index (χ0v) is 24.3. The number of carbonyl (C=O) groups excluding carboxylic acids is 1. The van der Waals surface area contributed by atoms with E-state index in [1.807, 2.05) is 17.0 Å². The smallest absolute Gasteiger partial charge is 0.254 e. The molecular weight excluding hydrogens is 538 g/mol. The molecule has 0 bridgehead atoms. The third-order valence-corrected chi connectivity index (χ3v) is 10.5. The molecule has 214 valence electrons. The van der Waals surface area contributed by atoms with Gasteiger partial charge in [0, 0.05) is 59.5 Å². The maximum absolute atomic E-state index is 13.5. The molecule has 8 rings (SSSR count). The molecule has 2 atom stereocenters. The summed E-state index contributed by atoms with van der Waals surface area (Å²) in [5.41, 5.74) is 5.73. The SMILES string of the molecule is COc1cc(C(=O)N2CCCNC3CC32)cc(OC)c1SNc1noc2c1CC1(CC1)c1ccc(N3CCC3)cc1-2. The average Bonchev–Trinajstić information content (AvgIpc) is 3.87. The summed E-state index contributed by atoms with van der Waals surface area (Å²) in [4.78, 5) is 18.7. The minimum atomic E-state index is 0.0267. The first-order valence-corrected chi connectivity index (χ1v) is 15.5. The van der Waals surface area contributed by atoms with Crippen LogP contribution in [-0.4, -0.2) is 68.4 Å². The van der Waals surface area contributed by atoms with Gasteiger partial charge in [-0.2, -0.15) is 0 Å². The van der Waals surface area contributed by atoms with Crippen LogP contribution in [0.25, 0.3) is 11.3 Å². The Morgan fingerprint density at radius 2 is 1.93 bits per heavy atom. The lowest BCUT2D eigenvalue weighted by molar-refractivity contribution is 0.0744. The summed E-state index contributed by atoms with van der Waals surface area (Å²) < 4.78 is 21.0. The van der Waals surface area contributed by atoms with Crippen molar-refractivity contribution in [2.75, 3.05) is 50.0 Å². The summed E-state index contributed by atoms with van der Waals surface area (Å²) in [6.45, 7) is 3.94. The standard InChI is InChI=1S/C31H35N5O4S/c1-38-25-13-18(30(37)36-12-3-9-32-23-16-24(23)36)14-26(39-2)28(25)41-34-29-21-17-31(7-8-31)22-6-5-19(35-10-4-11-35)15-20(22)27(21)40-33-29/h5-6,13-15,23-24,32H,3-4,7-12,16-17H2,1-2H3,(H,33,34). The maximum atomic E-state index is 13.5. The Morgan fingerprint density at radius 1 is 1.12 bits per heavy atom.